The fourth-order valence-corrected chi connectivity index (χ4v) is 6.12. The maximum atomic E-state index is 12.3. The van der Waals surface area contributed by atoms with E-state index >= 15 is 0 Å². The third kappa shape index (κ3) is 5.77. The molecule has 0 aromatic carbocycles. The van der Waals surface area contributed by atoms with Crippen molar-refractivity contribution in [2.45, 2.75) is 67.7 Å². The van der Waals surface area contributed by atoms with Gasteiger partial charge in [-0.15, -0.1) is 11.3 Å². The number of carbonyl (C=O) groups excluding carboxylic acids is 1. The van der Waals surface area contributed by atoms with E-state index < -0.39 is 10.0 Å². The molecule has 0 bridgehead atoms. The number of hydrogen-bond acceptors (Lipinski definition) is 5. The summed E-state index contributed by atoms with van der Waals surface area (Å²) < 4.78 is 27.7. The van der Waals surface area contributed by atoms with E-state index in [2.05, 4.69) is 14.9 Å². The van der Waals surface area contributed by atoms with Crippen LogP contribution in [-0.4, -0.2) is 50.9 Å². The molecule has 2 fully saturated rings. The molecule has 1 aromatic rings. The fourth-order valence-electron chi connectivity index (χ4n) is 3.80. The summed E-state index contributed by atoms with van der Waals surface area (Å²) in [6.07, 6.45) is 8.64. The minimum Gasteiger partial charge on any atom is -0.352 e. The Bertz CT molecular complexity index is 660. The van der Waals surface area contributed by atoms with E-state index in [9.17, 15) is 13.2 Å². The van der Waals surface area contributed by atoms with Crippen LogP contribution in [0.3, 0.4) is 0 Å². The number of carbonyl (C=O) groups is 1. The van der Waals surface area contributed by atoms with Gasteiger partial charge < -0.3 is 5.32 Å². The smallest absolute Gasteiger partial charge is 0.250 e. The van der Waals surface area contributed by atoms with E-state index in [4.69, 9.17) is 0 Å². The Morgan fingerprint density at radius 1 is 1.08 bits per heavy atom. The van der Waals surface area contributed by atoms with Crippen LogP contribution in [-0.2, 0) is 14.8 Å². The molecule has 1 saturated heterocycles. The minimum atomic E-state index is -3.41. The number of amides is 1. The van der Waals surface area contributed by atoms with Crippen LogP contribution in [0.5, 0.6) is 0 Å². The van der Waals surface area contributed by atoms with Crippen LogP contribution in [0.2, 0.25) is 0 Å². The highest BCUT2D eigenvalue weighted by molar-refractivity contribution is 7.91. The molecule has 1 saturated carbocycles. The van der Waals surface area contributed by atoms with Gasteiger partial charge in [0.15, 0.2) is 0 Å². The Balaban J connectivity index is 1.40. The van der Waals surface area contributed by atoms with Crippen molar-refractivity contribution in [1.82, 2.24) is 14.9 Å². The number of nitrogens with one attached hydrogen (secondary N) is 2. The summed E-state index contributed by atoms with van der Waals surface area (Å²) in [5.41, 5.74) is 0. The Morgan fingerprint density at radius 2 is 1.77 bits per heavy atom. The Labute approximate surface area is 160 Å². The molecule has 26 heavy (non-hydrogen) atoms. The molecule has 0 unspecified atom stereocenters. The predicted molar refractivity (Wildman–Crippen MR) is 104 cm³/mol. The highest BCUT2D eigenvalue weighted by Gasteiger charge is 2.26. The van der Waals surface area contributed by atoms with Crippen molar-refractivity contribution >= 4 is 27.3 Å². The van der Waals surface area contributed by atoms with Gasteiger partial charge in [-0.2, -0.15) is 0 Å². The van der Waals surface area contributed by atoms with Gasteiger partial charge in [0.2, 0.25) is 15.9 Å². The number of nitrogens with zero attached hydrogens (tertiary/aromatic N) is 1. The first-order valence-electron chi connectivity index (χ1n) is 9.60. The quantitative estimate of drug-likeness (QED) is 0.720. The zero-order chi connectivity index (χ0) is 18.4. The van der Waals surface area contributed by atoms with Crippen LogP contribution in [0, 0.1) is 0 Å². The molecular formula is C18H29N3O3S2. The number of likely N-dealkylation sites (tertiary alicyclic amines) is 1. The van der Waals surface area contributed by atoms with E-state index in [1.807, 2.05) is 0 Å². The standard InChI is InChI=1S/C18H29N3O3S2/c22-17(19-15-6-3-1-2-4-7-15)14-21-11-9-16(10-12-21)20-26(23,24)18-8-5-13-25-18/h5,8,13,15-16,20H,1-4,6-7,9-12,14H2,(H,19,22). The lowest BCUT2D eigenvalue weighted by Crippen LogP contribution is -2.48. The zero-order valence-corrected chi connectivity index (χ0v) is 16.8. The van der Waals surface area contributed by atoms with E-state index in [-0.39, 0.29) is 11.9 Å². The van der Waals surface area contributed by atoms with Gasteiger partial charge in [0.05, 0.1) is 6.54 Å². The minimum absolute atomic E-state index is 0.0525. The summed E-state index contributed by atoms with van der Waals surface area (Å²) >= 11 is 1.23. The van der Waals surface area contributed by atoms with E-state index in [1.165, 1.54) is 37.0 Å². The number of sulfonamides is 1. The largest absolute Gasteiger partial charge is 0.352 e. The van der Waals surface area contributed by atoms with Crippen molar-refractivity contribution in [2.24, 2.45) is 0 Å². The second kappa shape index (κ2) is 9.30. The first-order chi connectivity index (χ1) is 12.5. The van der Waals surface area contributed by atoms with Gasteiger partial charge in [0.1, 0.15) is 4.21 Å². The molecule has 1 aliphatic carbocycles. The van der Waals surface area contributed by atoms with Crippen molar-refractivity contribution in [1.29, 1.82) is 0 Å². The second-order valence-electron chi connectivity index (χ2n) is 7.36. The first-order valence-corrected chi connectivity index (χ1v) is 12.0. The Kier molecular flexibility index (Phi) is 7.08. The maximum Gasteiger partial charge on any atom is 0.250 e. The summed E-state index contributed by atoms with van der Waals surface area (Å²) in [7, 11) is -3.41. The topological polar surface area (TPSA) is 78.5 Å². The third-order valence-corrected chi connectivity index (χ3v) is 8.17. The van der Waals surface area contributed by atoms with Crippen LogP contribution in [0.15, 0.2) is 21.7 Å². The maximum absolute atomic E-state index is 12.3. The number of thiophene rings is 1. The monoisotopic (exact) mass is 399 g/mol. The van der Waals surface area contributed by atoms with Gasteiger partial charge in [0.25, 0.3) is 0 Å². The van der Waals surface area contributed by atoms with Gasteiger partial charge in [-0.1, -0.05) is 31.7 Å². The molecule has 0 radical (unpaired) electrons. The van der Waals surface area contributed by atoms with Crippen LogP contribution < -0.4 is 10.0 Å². The summed E-state index contributed by atoms with van der Waals surface area (Å²) in [6, 6.07) is 3.65. The van der Waals surface area contributed by atoms with Crippen LogP contribution in [0.1, 0.15) is 51.4 Å². The van der Waals surface area contributed by atoms with E-state index in [0.29, 0.717) is 16.8 Å². The number of hydrogen-bond donors (Lipinski definition) is 2. The van der Waals surface area contributed by atoms with Gasteiger partial charge in [-0.25, -0.2) is 13.1 Å². The molecule has 1 aliphatic heterocycles. The molecule has 2 aliphatic rings. The lowest BCUT2D eigenvalue weighted by Gasteiger charge is -2.32. The Morgan fingerprint density at radius 3 is 2.38 bits per heavy atom. The molecule has 6 nitrogen and oxygen atoms in total. The molecule has 146 valence electrons. The molecule has 1 amide bonds. The van der Waals surface area contributed by atoms with E-state index in [1.54, 1.807) is 17.5 Å². The van der Waals surface area contributed by atoms with Gasteiger partial charge in [-0.3, -0.25) is 9.69 Å². The summed E-state index contributed by atoms with van der Waals surface area (Å²) in [5, 5.41) is 4.95. The molecule has 8 heteroatoms. The lowest BCUT2D eigenvalue weighted by molar-refractivity contribution is -0.123. The van der Waals surface area contributed by atoms with Crippen molar-refractivity contribution in [3.63, 3.8) is 0 Å². The third-order valence-electron chi connectivity index (χ3n) is 5.26. The average Bonchev–Trinajstić information content (AvgIpc) is 3.04. The highest BCUT2D eigenvalue weighted by atomic mass is 32.2. The summed E-state index contributed by atoms with van der Waals surface area (Å²) in [6.45, 7) is 1.91. The van der Waals surface area contributed by atoms with Gasteiger partial charge in [0, 0.05) is 25.2 Å². The predicted octanol–water partition coefficient (Wildman–Crippen LogP) is 2.33. The van der Waals surface area contributed by atoms with Crippen molar-refractivity contribution in [3.05, 3.63) is 17.5 Å². The van der Waals surface area contributed by atoms with Gasteiger partial charge >= 0.3 is 0 Å². The fraction of sp³-hybridized carbons (Fsp3) is 0.722. The van der Waals surface area contributed by atoms with Crippen molar-refractivity contribution in [2.75, 3.05) is 19.6 Å². The van der Waals surface area contributed by atoms with Crippen molar-refractivity contribution < 1.29 is 13.2 Å². The number of rotatable bonds is 6. The Hall–Kier alpha value is -0.960. The zero-order valence-electron chi connectivity index (χ0n) is 15.2. The average molecular weight is 400 g/mol. The summed E-state index contributed by atoms with van der Waals surface area (Å²) in [5.74, 6) is 0.106. The first kappa shape index (κ1) is 19.8. The van der Waals surface area contributed by atoms with Crippen LogP contribution in [0.4, 0.5) is 0 Å². The highest BCUT2D eigenvalue weighted by Crippen LogP contribution is 2.19. The normalized spacial score (nSPS) is 21.4. The molecule has 1 aromatic heterocycles. The molecular weight excluding hydrogens is 370 g/mol. The molecule has 0 atom stereocenters. The molecule has 0 spiro atoms. The molecule has 2 heterocycles. The van der Waals surface area contributed by atoms with Crippen LogP contribution in [0.25, 0.3) is 0 Å². The van der Waals surface area contributed by atoms with E-state index in [0.717, 1.165) is 38.8 Å². The molecule has 3 rings (SSSR count). The lowest BCUT2D eigenvalue weighted by atomic mass is 10.1. The number of piperidine rings is 1. The van der Waals surface area contributed by atoms with Crippen LogP contribution >= 0.6 is 11.3 Å². The molecule has 2 N–H and O–H groups in total. The SMILES string of the molecule is O=C(CN1CCC(NS(=O)(=O)c2cccs2)CC1)NC1CCCCCC1. The second-order valence-corrected chi connectivity index (χ2v) is 10.2. The van der Waals surface area contributed by atoms with Gasteiger partial charge in [-0.05, 0) is 37.1 Å². The van der Waals surface area contributed by atoms with Crippen molar-refractivity contribution in [3.8, 4) is 0 Å². The summed E-state index contributed by atoms with van der Waals surface area (Å²) in [4.78, 5) is 14.4.